The van der Waals surface area contributed by atoms with Crippen LogP contribution in [0.5, 0.6) is 0 Å². The van der Waals surface area contributed by atoms with Crippen molar-refractivity contribution in [3.05, 3.63) is 71.2 Å². The molecule has 0 radical (unpaired) electrons. The highest BCUT2D eigenvalue weighted by atomic mass is 32.1. The molecule has 0 spiro atoms. The highest BCUT2D eigenvalue weighted by molar-refractivity contribution is 7.14. The topological polar surface area (TPSA) is 53.5 Å². The van der Waals surface area contributed by atoms with Crippen LogP contribution >= 0.6 is 11.3 Å². The second-order valence-corrected chi connectivity index (χ2v) is 7.02. The molecule has 1 aliphatic heterocycles. The van der Waals surface area contributed by atoms with E-state index in [1.54, 1.807) is 22.9 Å². The van der Waals surface area contributed by atoms with Crippen molar-refractivity contribution < 1.29 is 9.59 Å². The highest BCUT2D eigenvalue weighted by Crippen LogP contribution is 2.37. The van der Waals surface area contributed by atoms with Crippen molar-refractivity contribution in [2.45, 2.75) is 6.92 Å². The first-order valence-corrected chi connectivity index (χ1v) is 9.34. The van der Waals surface area contributed by atoms with Crippen LogP contribution in [0.15, 0.2) is 60.0 Å². The molecule has 4 rings (SSSR count). The van der Waals surface area contributed by atoms with E-state index in [2.05, 4.69) is 4.98 Å². The first kappa shape index (κ1) is 17.2. The number of carbonyl (C=O) groups is 2. The number of aromatic nitrogens is 1. The molecule has 0 atom stereocenters. The molecule has 5 nitrogen and oxygen atoms in total. The molecule has 134 valence electrons. The van der Waals surface area contributed by atoms with E-state index in [4.69, 9.17) is 0 Å². The van der Waals surface area contributed by atoms with Gasteiger partial charge in [0, 0.05) is 24.9 Å². The minimum atomic E-state index is -0.114. The van der Waals surface area contributed by atoms with Crippen LogP contribution in [0.4, 0.5) is 16.5 Å². The maximum atomic E-state index is 12.6. The molecule has 1 aromatic heterocycles. The molecule has 0 saturated heterocycles. The quantitative estimate of drug-likeness (QED) is 0.640. The Kier molecular flexibility index (Phi) is 4.33. The average Bonchev–Trinajstić information content (AvgIpc) is 3.22. The molecule has 27 heavy (non-hydrogen) atoms. The molecule has 0 aliphatic carbocycles. The van der Waals surface area contributed by atoms with E-state index in [-0.39, 0.29) is 11.8 Å². The lowest BCUT2D eigenvalue weighted by molar-refractivity contribution is -0.116. The van der Waals surface area contributed by atoms with Gasteiger partial charge in [-0.25, -0.2) is 4.98 Å². The molecule has 6 heteroatoms. The smallest absolute Gasteiger partial charge is 0.258 e. The molecular formula is C21H17N3O2S. The first-order chi connectivity index (χ1) is 13.1. The van der Waals surface area contributed by atoms with Gasteiger partial charge in [-0.3, -0.25) is 14.5 Å². The summed E-state index contributed by atoms with van der Waals surface area (Å²) in [4.78, 5) is 32.6. The van der Waals surface area contributed by atoms with E-state index in [0.29, 0.717) is 16.4 Å². The minimum Gasteiger partial charge on any atom is -0.311 e. The van der Waals surface area contributed by atoms with Gasteiger partial charge in [-0.15, -0.1) is 11.3 Å². The van der Waals surface area contributed by atoms with Crippen molar-refractivity contribution in [2.75, 3.05) is 16.8 Å². The van der Waals surface area contributed by atoms with Gasteiger partial charge in [-0.1, -0.05) is 36.4 Å². The van der Waals surface area contributed by atoms with E-state index in [9.17, 15) is 9.59 Å². The van der Waals surface area contributed by atoms with Gasteiger partial charge in [0.2, 0.25) is 5.91 Å². The third-order valence-electron chi connectivity index (χ3n) is 4.41. The number of anilines is 3. The number of benzene rings is 2. The fourth-order valence-corrected chi connectivity index (χ4v) is 3.98. The largest absolute Gasteiger partial charge is 0.311 e. The summed E-state index contributed by atoms with van der Waals surface area (Å²) in [5.41, 5.74) is 3.81. The van der Waals surface area contributed by atoms with Crippen LogP contribution in [0, 0.1) is 0 Å². The average molecular weight is 375 g/mol. The fourth-order valence-electron chi connectivity index (χ4n) is 3.14. The van der Waals surface area contributed by atoms with Crippen LogP contribution in [-0.2, 0) is 9.59 Å². The Bertz CT molecular complexity index is 1060. The lowest BCUT2D eigenvalue weighted by Crippen LogP contribution is -2.22. The predicted molar refractivity (Wildman–Crippen MR) is 109 cm³/mol. The standard InChI is InChI=1S/C21H17N3O2S/c1-14(25)24(16-8-4-3-5-9-16)21-22-15(13-27-21)12-18-17-10-6-7-11-19(17)23(2)20(18)26/h3-13H,1-2H3/b18-12-. The number of rotatable bonds is 3. The number of nitrogens with zero attached hydrogens (tertiary/aromatic N) is 3. The lowest BCUT2D eigenvalue weighted by Gasteiger charge is -2.17. The van der Waals surface area contributed by atoms with Gasteiger partial charge < -0.3 is 4.90 Å². The minimum absolute atomic E-state index is 0.0581. The van der Waals surface area contributed by atoms with Crippen LogP contribution in [-0.4, -0.2) is 23.8 Å². The fraction of sp³-hybridized carbons (Fsp3) is 0.0952. The van der Waals surface area contributed by atoms with Crippen molar-refractivity contribution in [1.29, 1.82) is 0 Å². The molecule has 2 heterocycles. The van der Waals surface area contributed by atoms with Crippen LogP contribution in [0.2, 0.25) is 0 Å². The number of para-hydroxylation sites is 2. The Hall–Kier alpha value is -3.25. The molecule has 0 N–H and O–H groups in total. The molecule has 0 fully saturated rings. The van der Waals surface area contributed by atoms with Gasteiger partial charge in [0.05, 0.1) is 22.6 Å². The maximum Gasteiger partial charge on any atom is 0.258 e. The summed E-state index contributed by atoms with van der Waals surface area (Å²) in [6, 6.07) is 17.1. The Morgan fingerprint density at radius 2 is 1.81 bits per heavy atom. The Labute approximate surface area is 161 Å². The van der Waals surface area contributed by atoms with Crippen molar-refractivity contribution in [3.8, 4) is 0 Å². The van der Waals surface area contributed by atoms with E-state index >= 15 is 0 Å². The van der Waals surface area contributed by atoms with E-state index in [1.807, 2.05) is 60.0 Å². The van der Waals surface area contributed by atoms with Gasteiger partial charge in [0.15, 0.2) is 5.13 Å². The van der Waals surface area contributed by atoms with Gasteiger partial charge in [0.1, 0.15) is 0 Å². The number of thiazole rings is 1. The molecule has 3 aromatic rings. The molecule has 0 saturated carbocycles. The van der Waals surface area contributed by atoms with Crippen molar-refractivity contribution >= 4 is 51.3 Å². The molecule has 0 unspecified atom stereocenters. The van der Waals surface area contributed by atoms with Gasteiger partial charge in [-0.2, -0.15) is 0 Å². The van der Waals surface area contributed by atoms with Gasteiger partial charge in [-0.05, 0) is 24.3 Å². The highest BCUT2D eigenvalue weighted by Gasteiger charge is 2.29. The molecule has 2 amide bonds. The Balaban J connectivity index is 1.72. The number of fused-ring (bicyclic) bond motifs is 1. The number of carbonyl (C=O) groups excluding carboxylic acids is 2. The summed E-state index contributed by atoms with van der Waals surface area (Å²) in [6.07, 6.45) is 1.79. The summed E-state index contributed by atoms with van der Waals surface area (Å²) in [6.45, 7) is 1.51. The SMILES string of the molecule is CC(=O)N(c1ccccc1)c1nc(/C=C2\C(=O)N(C)c3ccccc32)cs1. The molecule has 2 aromatic carbocycles. The van der Waals surface area contributed by atoms with Crippen molar-refractivity contribution in [3.63, 3.8) is 0 Å². The monoisotopic (exact) mass is 375 g/mol. The zero-order valence-corrected chi connectivity index (χ0v) is 15.7. The number of hydrogen-bond donors (Lipinski definition) is 0. The summed E-state index contributed by atoms with van der Waals surface area (Å²) in [5.74, 6) is -0.172. The van der Waals surface area contributed by atoms with Gasteiger partial charge in [0.25, 0.3) is 5.91 Å². The maximum absolute atomic E-state index is 12.6. The van der Waals surface area contributed by atoms with E-state index < -0.39 is 0 Å². The number of hydrogen-bond acceptors (Lipinski definition) is 4. The van der Waals surface area contributed by atoms with Crippen molar-refractivity contribution in [1.82, 2.24) is 4.98 Å². The van der Waals surface area contributed by atoms with Crippen LogP contribution in [0.3, 0.4) is 0 Å². The summed E-state index contributed by atoms with van der Waals surface area (Å²) >= 11 is 1.37. The first-order valence-electron chi connectivity index (χ1n) is 8.46. The third-order valence-corrected chi connectivity index (χ3v) is 5.26. The zero-order valence-electron chi connectivity index (χ0n) is 14.9. The Morgan fingerprint density at radius 1 is 1.11 bits per heavy atom. The molecule has 1 aliphatic rings. The summed E-state index contributed by atoms with van der Waals surface area (Å²) in [7, 11) is 1.77. The summed E-state index contributed by atoms with van der Waals surface area (Å²) < 4.78 is 0. The lowest BCUT2D eigenvalue weighted by atomic mass is 10.1. The van der Waals surface area contributed by atoms with Gasteiger partial charge >= 0.3 is 0 Å². The van der Waals surface area contributed by atoms with Crippen molar-refractivity contribution in [2.24, 2.45) is 0 Å². The normalized spacial score (nSPS) is 14.5. The number of amides is 2. The predicted octanol–water partition coefficient (Wildman–Crippen LogP) is 4.34. The molecule has 0 bridgehead atoms. The number of likely N-dealkylation sites (N-methyl/N-ethyl adjacent to an activating group) is 1. The second-order valence-electron chi connectivity index (χ2n) is 6.18. The van der Waals surface area contributed by atoms with E-state index in [0.717, 1.165) is 16.9 Å². The van der Waals surface area contributed by atoms with E-state index in [1.165, 1.54) is 18.3 Å². The second kappa shape index (κ2) is 6.81. The zero-order chi connectivity index (χ0) is 19.0. The van der Waals surface area contributed by atoms with Crippen LogP contribution in [0.25, 0.3) is 11.6 Å². The van der Waals surface area contributed by atoms with Crippen LogP contribution in [0.1, 0.15) is 18.2 Å². The molecular weight excluding hydrogens is 358 g/mol. The van der Waals surface area contributed by atoms with Crippen LogP contribution < -0.4 is 9.80 Å². The third kappa shape index (κ3) is 3.04. The summed E-state index contributed by atoms with van der Waals surface area (Å²) in [5, 5.41) is 2.43. The Morgan fingerprint density at radius 3 is 2.56 bits per heavy atom.